The lowest BCUT2D eigenvalue weighted by Crippen LogP contribution is -2.54. The molecule has 1 saturated heterocycles. The molecular weight excluding hydrogens is 230 g/mol. The summed E-state index contributed by atoms with van der Waals surface area (Å²) < 4.78 is 0. The van der Waals surface area contributed by atoms with Crippen LogP contribution < -0.4 is 5.32 Å². The van der Waals surface area contributed by atoms with E-state index in [-0.39, 0.29) is 0 Å². The van der Waals surface area contributed by atoms with Crippen LogP contribution in [0.15, 0.2) is 5.38 Å². The highest BCUT2D eigenvalue weighted by Gasteiger charge is 2.28. The molecule has 2 aliphatic rings. The first-order valence-corrected chi connectivity index (χ1v) is 7.53. The Hall–Kier alpha value is -0.450. The van der Waals surface area contributed by atoms with E-state index in [1.54, 1.807) is 0 Å². The van der Waals surface area contributed by atoms with Gasteiger partial charge in [0.15, 0.2) is 0 Å². The van der Waals surface area contributed by atoms with Gasteiger partial charge in [-0.25, -0.2) is 4.98 Å². The van der Waals surface area contributed by atoms with Crippen molar-refractivity contribution >= 4 is 11.3 Å². The number of nitrogens with one attached hydrogen (secondary N) is 1. The van der Waals surface area contributed by atoms with E-state index in [1.807, 2.05) is 11.3 Å². The number of hydrogen-bond donors (Lipinski definition) is 1. The molecule has 2 unspecified atom stereocenters. The SMILES string of the molecule is CC1CNCC(C)N1Cc1csc(C2CC2)n1. The molecule has 17 heavy (non-hydrogen) atoms. The smallest absolute Gasteiger partial charge is 0.0959 e. The normalized spacial score (nSPS) is 30.7. The third-order valence-corrected chi connectivity index (χ3v) is 4.91. The quantitative estimate of drug-likeness (QED) is 0.892. The molecule has 2 heterocycles. The monoisotopic (exact) mass is 251 g/mol. The van der Waals surface area contributed by atoms with Gasteiger partial charge in [0.25, 0.3) is 0 Å². The predicted molar refractivity (Wildman–Crippen MR) is 71.4 cm³/mol. The van der Waals surface area contributed by atoms with Crippen molar-refractivity contribution in [3.8, 4) is 0 Å². The first kappa shape index (κ1) is 11.6. The van der Waals surface area contributed by atoms with Crippen LogP contribution in [0.2, 0.25) is 0 Å². The molecule has 3 rings (SSSR count). The standard InChI is InChI=1S/C13H21N3S/c1-9-5-14-6-10(2)16(9)7-12-8-17-13(15-12)11-3-4-11/h8-11,14H,3-7H2,1-2H3. The zero-order valence-electron chi connectivity index (χ0n) is 10.6. The molecule has 0 radical (unpaired) electrons. The number of thiazole rings is 1. The van der Waals surface area contributed by atoms with Crippen LogP contribution in [0.1, 0.15) is 43.3 Å². The molecular formula is C13H21N3S. The molecule has 2 fully saturated rings. The Morgan fingerprint density at radius 1 is 1.35 bits per heavy atom. The summed E-state index contributed by atoms with van der Waals surface area (Å²) in [7, 11) is 0. The highest BCUT2D eigenvalue weighted by Crippen LogP contribution is 2.41. The van der Waals surface area contributed by atoms with Crippen molar-refractivity contribution in [2.24, 2.45) is 0 Å². The van der Waals surface area contributed by atoms with Gasteiger partial charge in [0.05, 0.1) is 10.7 Å². The van der Waals surface area contributed by atoms with Gasteiger partial charge in [-0.2, -0.15) is 0 Å². The van der Waals surface area contributed by atoms with E-state index in [0.717, 1.165) is 25.6 Å². The van der Waals surface area contributed by atoms with Crippen LogP contribution in [-0.2, 0) is 6.54 Å². The van der Waals surface area contributed by atoms with Gasteiger partial charge in [0.2, 0.25) is 0 Å². The van der Waals surface area contributed by atoms with Crippen LogP contribution in [0.5, 0.6) is 0 Å². The number of hydrogen-bond acceptors (Lipinski definition) is 4. The summed E-state index contributed by atoms with van der Waals surface area (Å²) in [5.74, 6) is 0.798. The summed E-state index contributed by atoms with van der Waals surface area (Å²) in [5.41, 5.74) is 1.28. The third-order valence-electron chi connectivity index (χ3n) is 3.85. The first-order chi connectivity index (χ1) is 8.24. The third kappa shape index (κ3) is 2.54. The molecule has 3 nitrogen and oxygen atoms in total. The second kappa shape index (κ2) is 4.67. The van der Waals surface area contributed by atoms with Crippen molar-refractivity contribution < 1.29 is 0 Å². The van der Waals surface area contributed by atoms with Gasteiger partial charge in [0, 0.05) is 43.0 Å². The van der Waals surface area contributed by atoms with Crippen molar-refractivity contribution in [1.82, 2.24) is 15.2 Å². The Kier molecular flexibility index (Phi) is 3.19. The van der Waals surface area contributed by atoms with Gasteiger partial charge in [-0.15, -0.1) is 11.3 Å². The van der Waals surface area contributed by atoms with Gasteiger partial charge in [-0.1, -0.05) is 0 Å². The van der Waals surface area contributed by atoms with Crippen LogP contribution in [0, 0.1) is 0 Å². The largest absolute Gasteiger partial charge is 0.314 e. The highest BCUT2D eigenvalue weighted by atomic mass is 32.1. The summed E-state index contributed by atoms with van der Waals surface area (Å²) in [6.07, 6.45) is 2.71. The zero-order chi connectivity index (χ0) is 11.8. The minimum Gasteiger partial charge on any atom is -0.314 e. The van der Waals surface area contributed by atoms with Crippen LogP contribution in [0.3, 0.4) is 0 Å². The van der Waals surface area contributed by atoms with Gasteiger partial charge in [-0.05, 0) is 26.7 Å². The highest BCUT2D eigenvalue weighted by molar-refractivity contribution is 7.09. The van der Waals surface area contributed by atoms with E-state index in [1.165, 1.54) is 23.5 Å². The fourth-order valence-electron chi connectivity index (χ4n) is 2.58. The maximum Gasteiger partial charge on any atom is 0.0959 e. The van der Waals surface area contributed by atoms with Crippen molar-refractivity contribution in [2.75, 3.05) is 13.1 Å². The predicted octanol–water partition coefficient (Wildman–Crippen LogP) is 2.20. The molecule has 1 N–H and O–H groups in total. The number of nitrogens with zero attached hydrogens (tertiary/aromatic N) is 2. The fourth-order valence-corrected chi connectivity index (χ4v) is 3.56. The van der Waals surface area contributed by atoms with E-state index in [2.05, 4.69) is 29.4 Å². The van der Waals surface area contributed by atoms with Crippen molar-refractivity contribution in [3.05, 3.63) is 16.1 Å². The number of rotatable bonds is 3. The van der Waals surface area contributed by atoms with Gasteiger partial charge >= 0.3 is 0 Å². The molecule has 0 aromatic carbocycles. The van der Waals surface area contributed by atoms with Gasteiger partial charge in [-0.3, -0.25) is 4.90 Å². The van der Waals surface area contributed by atoms with E-state index in [9.17, 15) is 0 Å². The Balaban J connectivity index is 1.67. The maximum atomic E-state index is 4.79. The molecule has 1 aromatic heterocycles. The molecule has 1 saturated carbocycles. The molecule has 2 atom stereocenters. The van der Waals surface area contributed by atoms with E-state index < -0.39 is 0 Å². The van der Waals surface area contributed by atoms with E-state index >= 15 is 0 Å². The van der Waals surface area contributed by atoms with Crippen LogP contribution >= 0.6 is 11.3 Å². The van der Waals surface area contributed by atoms with Crippen LogP contribution in [0.25, 0.3) is 0 Å². The Bertz CT molecular complexity index is 376. The Morgan fingerprint density at radius 2 is 2.06 bits per heavy atom. The number of piperazine rings is 1. The summed E-state index contributed by atoms with van der Waals surface area (Å²) >= 11 is 1.86. The molecule has 4 heteroatoms. The first-order valence-electron chi connectivity index (χ1n) is 6.65. The summed E-state index contributed by atoms with van der Waals surface area (Å²) in [6.45, 7) is 7.83. The lowest BCUT2D eigenvalue weighted by molar-refractivity contribution is 0.107. The summed E-state index contributed by atoms with van der Waals surface area (Å²) in [4.78, 5) is 7.36. The summed E-state index contributed by atoms with van der Waals surface area (Å²) in [5, 5.41) is 7.10. The van der Waals surface area contributed by atoms with E-state index in [4.69, 9.17) is 4.98 Å². The minimum atomic E-state index is 0.616. The second-order valence-corrected chi connectivity index (χ2v) is 6.37. The van der Waals surface area contributed by atoms with Crippen LogP contribution in [0.4, 0.5) is 0 Å². The minimum absolute atomic E-state index is 0.616. The molecule has 1 aliphatic carbocycles. The zero-order valence-corrected chi connectivity index (χ0v) is 11.5. The average Bonchev–Trinajstić information content (AvgIpc) is 3.05. The molecule has 1 aliphatic heterocycles. The van der Waals surface area contributed by atoms with Gasteiger partial charge in [0.1, 0.15) is 0 Å². The molecule has 0 bridgehead atoms. The molecule has 94 valence electrons. The molecule has 0 amide bonds. The van der Waals surface area contributed by atoms with Crippen molar-refractivity contribution in [1.29, 1.82) is 0 Å². The maximum absolute atomic E-state index is 4.79. The van der Waals surface area contributed by atoms with Crippen molar-refractivity contribution in [2.45, 2.75) is 51.2 Å². The topological polar surface area (TPSA) is 28.2 Å². The van der Waals surface area contributed by atoms with E-state index in [0.29, 0.717) is 12.1 Å². The average molecular weight is 251 g/mol. The molecule has 0 spiro atoms. The second-order valence-electron chi connectivity index (χ2n) is 5.48. The van der Waals surface area contributed by atoms with Crippen LogP contribution in [-0.4, -0.2) is 35.1 Å². The molecule has 1 aromatic rings. The Morgan fingerprint density at radius 3 is 2.71 bits per heavy atom. The Labute approximate surface area is 107 Å². The lowest BCUT2D eigenvalue weighted by Gasteiger charge is -2.38. The summed E-state index contributed by atoms with van der Waals surface area (Å²) in [6, 6.07) is 1.23. The van der Waals surface area contributed by atoms with Crippen molar-refractivity contribution in [3.63, 3.8) is 0 Å². The fraction of sp³-hybridized carbons (Fsp3) is 0.769. The van der Waals surface area contributed by atoms with Gasteiger partial charge < -0.3 is 5.32 Å². The number of aromatic nitrogens is 1. The lowest BCUT2D eigenvalue weighted by atomic mass is 10.1.